The summed E-state index contributed by atoms with van der Waals surface area (Å²) in [7, 11) is 0. The molecule has 0 aromatic heterocycles. The molecule has 72 valence electrons. The molecule has 0 aliphatic carbocycles. The smallest absolute Gasteiger partial charge is 0.368 e. The molecule has 2 N–H and O–H groups in total. The summed E-state index contributed by atoms with van der Waals surface area (Å²) in [6.45, 7) is 0.547. The first-order valence-corrected chi connectivity index (χ1v) is 3.92. The summed E-state index contributed by atoms with van der Waals surface area (Å²) >= 11 is 0. The van der Waals surface area contributed by atoms with Gasteiger partial charge in [-0.05, 0) is 25.3 Å². The average Bonchev–Trinajstić information content (AvgIpc) is 2.03. The summed E-state index contributed by atoms with van der Waals surface area (Å²) < 4.78 is 40.7. The molecule has 0 aromatic carbocycles. The Kier molecular flexibility index (Phi) is 2.95. The Morgan fingerprint density at radius 1 is 1.33 bits per heavy atom. The third-order valence-corrected chi connectivity index (χ3v) is 2.07. The molecule has 12 heavy (non-hydrogen) atoms. The minimum Gasteiger partial charge on any atom is -0.368 e. The van der Waals surface area contributed by atoms with Crippen LogP contribution in [0.3, 0.4) is 0 Å². The molecular formula is C7H12F3NO. The summed E-state index contributed by atoms with van der Waals surface area (Å²) in [6.07, 6.45) is -5.22. The van der Waals surface area contributed by atoms with Crippen LogP contribution in [0, 0.1) is 5.92 Å². The molecular weight excluding hydrogens is 171 g/mol. The molecule has 0 spiro atoms. The average molecular weight is 183 g/mol. The predicted molar refractivity (Wildman–Crippen MR) is 37.6 cm³/mol. The molecule has 0 unspecified atom stereocenters. The fraction of sp³-hybridized carbons (Fsp3) is 1.00. The van der Waals surface area contributed by atoms with Gasteiger partial charge in [0, 0.05) is 0 Å². The highest BCUT2D eigenvalue weighted by molar-refractivity contribution is 4.75. The van der Waals surface area contributed by atoms with Gasteiger partial charge in [-0.25, -0.2) is 0 Å². The maximum Gasteiger partial charge on any atom is 0.414 e. The Balaban J connectivity index is 2.36. The lowest BCUT2D eigenvalue weighted by molar-refractivity contribution is -0.235. The van der Waals surface area contributed by atoms with E-state index in [0.717, 1.165) is 0 Å². The van der Waals surface area contributed by atoms with Gasteiger partial charge in [0.05, 0.1) is 6.61 Å². The van der Waals surface area contributed by atoms with Crippen LogP contribution in [-0.4, -0.2) is 25.4 Å². The lowest BCUT2D eigenvalue weighted by atomic mass is 9.98. The maximum absolute atomic E-state index is 12.0. The third-order valence-electron chi connectivity index (χ3n) is 2.07. The van der Waals surface area contributed by atoms with Crippen LogP contribution < -0.4 is 5.73 Å². The molecule has 1 aliphatic heterocycles. The molecule has 1 rings (SSSR count). The normalized spacial score (nSPS) is 32.0. The molecule has 0 bridgehead atoms. The summed E-state index contributed by atoms with van der Waals surface area (Å²) in [6, 6.07) is 0. The fourth-order valence-electron chi connectivity index (χ4n) is 1.25. The molecule has 1 fully saturated rings. The lowest BCUT2D eigenvalue weighted by Gasteiger charge is -2.29. The van der Waals surface area contributed by atoms with E-state index in [4.69, 9.17) is 5.73 Å². The zero-order valence-electron chi connectivity index (χ0n) is 6.60. The van der Waals surface area contributed by atoms with Crippen LogP contribution in [0.2, 0.25) is 0 Å². The zero-order chi connectivity index (χ0) is 9.19. The van der Waals surface area contributed by atoms with Crippen LogP contribution in [0.5, 0.6) is 0 Å². The Morgan fingerprint density at radius 2 is 2.00 bits per heavy atom. The SMILES string of the molecule is NC[C@H]1CC[C@H](C(F)(F)F)OC1. The molecule has 0 aromatic rings. The van der Waals surface area contributed by atoms with Crippen molar-refractivity contribution >= 4 is 0 Å². The molecule has 2 nitrogen and oxygen atoms in total. The highest BCUT2D eigenvalue weighted by Gasteiger charge is 2.42. The van der Waals surface area contributed by atoms with Crippen LogP contribution >= 0.6 is 0 Å². The number of alkyl halides is 3. The maximum atomic E-state index is 12.0. The number of halogens is 3. The largest absolute Gasteiger partial charge is 0.414 e. The van der Waals surface area contributed by atoms with Gasteiger partial charge in [0.1, 0.15) is 0 Å². The Morgan fingerprint density at radius 3 is 2.33 bits per heavy atom. The molecule has 0 amide bonds. The molecule has 1 saturated heterocycles. The molecule has 1 aliphatic rings. The van der Waals surface area contributed by atoms with Crippen molar-refractivity contribution in [2.45, 2.75) is 25.1 Å². The minimum atomic E-state index is -4.21. The van der Waals surface area contributed by atoms with Gasteiger partial charge in [-0.15, -0.1) is 0 Å². The highest BCUT2D eigenvalue weighted by Crippen LogP contribution is 2.30. The van der Waals surface area contributed by atoms with Crippen LogP contribution in [0.15, 0.2) is 0 Å². The van der Waals surface area contributed by atoms with E-state index in [2.05, 4.69) is 4.74 Å². The van der Waals surface area contributed by atoms with Crippen molar-refractivity contribution in [1.29, 1.82) is 0 Å². The van der Waals surface area contributed by atoms with E-state index in [1.54, 1.807) is 0 Å². The molecule has 5 heteroatoms. The molecule has 2 atom stereocenters. The topological polar surface area (TPSA) is 35.2 Å². The second kappa shape index (κ2) is 3.62. The van der Waals surface area contributed by atoms with Gasteiger partial charge in [-0.2, -0.15) is 13.2 Å². The van der Waals surface area contributed by atoms with Crippen molar-refractivity contribution in [3.8, 4) is 0 Å². The summed E-state index contributed by atoms with van der Waals surface area (Å²) in [4.78, 5) is 0. The van der Waals surface area contributed by atoms with Gasteiger partial charge in [0.2, 0.25) is 0 Å². The van der Waals surface area contributed by atoms with E-state index >= 15 is 0 Å². The van der Waals surface area contributed by atoms with Crippen molar-refractivity contribution in [2.75, 3.05) is 13.2 Å². The predicted octanol–water partition coefficient (Wildman–Crippen LogP) is 1.30. The summed E-state index contributed by atoms with van der Waals surface area (Å²) in [5, 5.41) is 0. The van der Waals surface area contributed by atoms with Crippen molar-refractivity contribution in [3.05, 3.63) is 0 Å². The standard InChI is InChI=1S/C7H12F3NO/c8-7(9,10)6-2-1-5(3-11)4-12-6/h5-6H,1-4,11H2/t5-,6-/m1/s1. The molecule has 0 saturated carbocycles. The summed E-state index contributed by atoms with van der Waals surface area (Å²) in [5.41, 5.74) is 5.30. The van der Waals surface area contributed by atoms with Gasteiger partial charge >= 0.3 is 6.18 Å². The van der Waals surface area contributed by atoms with Crippen LogP contribution in [0.25, 0.3) is 0 Å². The summed E-state index contributed by atoms with van der Waals surface area (Å²) in [5.74, 6) is 0.101. The Labute approximate surface area is 68.9 Å². The fourth-order valence-corrected chi connectivity index (χ4v) is 1.25. The van der Waals surface area contributed by atoms with Gasteiger partial charge in [-0.1, -0.05) is 0 Å². The number of hydrogen-bond acceptors (Lipinski definition) is 2. The van der Waals surface area contributed by atoms with Gasteiger partial charge < -0.3 is 10.5 Å². The quantitative estimate of drug-likeness (QED) is 0.665. The van der Waals surface area contributed by atoms with Crippen molar-refractivity contribution < 1.29 is 17.9 Å². The van der Waals surface area contributed by atoms with Crippen molar-refractivity contribution in [1.82, 2.24) is 0 Å². The van der Waals surface area contributed by atoms with E-state index in [1.165, 1.54) is 0 Å². The zero-order valence-corrected chi connectivity index (χ0v) is 6.60. The van der Waals surface area contributed by atoms with Crippen molar-refractivity contribution in [3.63, 3.8) is 0 Å². The minimum absolute atomic E-state index is 0.0470. The highest BCUT2D eigenvalue weighted by atomic mass is 19.4. The third kappa shape index (κ3) is 2.35. The van der Waals surface area contributed by atoms with Crippen LogP contribution in [0.4, 0.5) is 13.2 Å². The first-order chi connectivity index (χ1) is 5.54. The van der Waals surface area contributed by atoms with Gasteiger partial charge in [-0.3, -0.25) is 0 Å². The Bertz CT molecular complexity index is 140. The van der Waals surface area contributed by atoms with Gasteiger partial charge in [0.15, 0.2) is 6.10 Å². The van der Waals surface area contributed by atoms with Crippen LogP contribution in [0.1, 0.15) is 12.8 Å². The first-order valence-electron chi connectivity index (χ1n) is 3.92. The van der Waals surface area contributed by atoms with E-state index in [0.29, 0.717) is 13.0 Å². The van der Waals surface area contributed by atoms with Crippen molar-refractivity contribution in [2.24, 2.45) is 11.7 Å². The van der Waals surface area contributed by atoms with E-state index < -0.39 is 12.3 Å². The second-order valence-electron chi connectivity index (χ2n) is 3.04. The van der Waals surface area contributed by atoms with E-state index in [9.17, 15) is 13.2 Å². The second-order valence-corrected chi connectivity index (χ2v) is 3.04. The van der Waals surface area contributed by atoms with E-state index in [-0.39, 0.29) is 18.9 Å². The number of rotatable bonds is 1. The lowest BCUT2D eigenvalue weighted by Crippen LogP contribution is -2.39. The van der Waals surface area contributed by atoms with Crippen LogP contribution in [-0.2, 0) is 4.74 Å². The first kappa shape index (κ1) is 9.80. The molecule has 1 heterocycles. The number of hydrogen-bond donors (Lipinski definition) is 1. The Hall–Kier alpha value is -0.290. The molecule has 0 radical (unpaired) electrons. The van der Waals surface area contributed by atoms with E-state index in [1.807, 2.05) is 0 Å². The van der Waals surface area contributed by atoms with Gasteiger partial charge in [0.25, 0.3) is 0 Å². The number of nitrogens with two attached hydrogens (primary N) is 1. The monoisotopic (exact) mass is 183 g/mol. The number of ether oxygens (including phenoxy) is 1.